The number of carboxylic acid groups (broad SMARTS) is 1. The molecule has 6 nitrogen and oxygen atoms in total. The Morgan fingerprint density at radius 1 is 1.35 bits per heavy atom. The molecule has 106 valence electrons. The Hall–Kier alpha value is -1.89. The fourth-order valence-corrected chi connectivity index (χ4v) is 2.49. The van der Waals surface area contributed by atoms with Crippen molar-refractivity contribution in [1.82, 2.24) is 9.47 Å². The molecule has 2 heterocycles. The monoisotopic (exact) mass is 340 g/mol. The van der Waals surface area contributed by atoms with Crippen LogP contribution in [0.25, 0.3) is 0 Å². The van der Waals surface area contributed by atoms with Gasteiger partial charge < -0.3 is 14.6 Å². The predicted molar refractivity (Wildman–Crippen MR) is 75.7 cm³/mol. The quantitative estimate of drug-likeness (QED) is 0.835. The lowest BCUT2D eigenvalue weighted by atomic mass is 10.2. The van der Waals surface area contributed by atoms with Gasteiger partial charge in [-0.3, -0.25) is 14.4 Å². The molecule has 1 N–H and O–H groups in total. The minimum absolute atomic E-state index is 0.0177. The van der Waals surface area contributed by atoms with Crippen LogP contribution in [0.5, 0.6) is 0 Å². The molecule has 1 aromatic rings. The van der Waals surface area contributed by atoms with Gasteiger partial charge in [-0.2, -0.15) is 0 Å². The Kier molecular flexibility index (Phi) is 4.39. The summed E-state index contributed by atoms with van der Waals surface area (Å²) in [5.74, 6) is -1.51. The number of amides is 1. The maximum Gasteiger partial charge on any atom is 0.323 e. The van der Waals surface area contributed by atoms with Crippen LogP contribution in [0.3, 0.4) is 0 Å². The van der Waals surface area contributed by atoms with Crippen molar-refractivity contribution in [3.05, 3.63) is 44.8 Å². The van der Waals surface area contributed by atoms with Crippen LogP contribution in [-0.2, 0) is 11.3 Å². The Morgan fingerprint density at radius 3 is 2.70 bits per heavy atom. The first-order valence-corrected chi connectivity index (χ1v) is 6.84. The van der Waals surface area contributed by atoms with E-state index in [0.717, 1.165) is 11.0 Å². The number of aromatic nitrogens is 1. The number of rotatable bonds is 3. The van der Waals surface area contributed by atoms with Crippen LogP contribution in [0.15, 0.2) is 33.7 Å². The molecule has 0 atom stereocenters. The van der Waals surface area contributed by atoms with E-state index in [4.69, 9.17) is 5.11 Å². The average molecular weight is 341 g/mol. The van der Waals surface area contributed by atoms with E-state index in [1.54, 1.807) is 4.90 Å². The summed E-state index contributed by atoms with van der Waals surface area (Å²) in [5.41, 5.74) is -0.605. The molecule has 0 saturated heterocycles. The highest BCUT2D eigenvalue weighted by Crippen LogP contribution is 2.12. The Balaban J connectivity index is 2.38. The van der Waals surface area contributed by atoms with Gasteiger partial charge in [0.25, 0.3) is 11.5 Å². The smallest absolute Gasteiger partial charge is 0.323 e. The molecule has 1 aliphatic heterocycles. The van der Waals surface area contributed by atoms with Gasteiger partial charge >= 0.3 is 5.97 Å². The molecule has 0 spiro atoms. The Bertz CT molecular complexity index is 636. The number of pyridine rings is 1. The molecule has 0 radical (unpaired) electrons. The molecule has 0 aromatic carbocycles. The molecule has 0 saturated carbocycles. The van der Waals surface area contributed by atoms with Gasteiger partial charge in [-0.1, -0.05) is 12.2 Å². The number of hydrogen-bond donors (Lipinski definition) is 1. The van der Waals surface area contributed by atoms with E-state index in [-0.39, 0.29) is 11.5 Å². The van der Waals surface area contributed by atoms with Crippen LogP contribution in [-0.4, -0.2) is 39.5 Å². The lowest BCUT2D eigenvalue weighted by Crippen LogP contribution is -2.38. The van der Waals surface area contributed by atoms with E-state index < -0.39 is 18.1 Å². The van der Waals surface area contributed by atoms with Crippen molar-refractivity contribution in [2.24, 2.45) is 0 Å². The zero-order valence-electron chi connectivity index (χ0n) is 10.6. The molecule has 7 heteroatoms. The summed E-state index contributed by atoms with van der Waals surface area (Å²) in [6.07, 6.45) is 5.97. The van der Waals surface area contributed by atoms with Crippen molar-refractivity contribution < 1.29 is 14.7 Å². The second-order valence-corrected chi connectivity index (χ2v) is 5.33. The molecule has 1 amide bonds. The molecule has 0 aliphatic carbocycles. The average Bonchev–Trinajstić information content (AvgIpc) is 2.42. The third-order valence-corrected chi connectivity index (χ3v) is 3.37. The number of aliphatic carboxylic acids is 1. The highest BCUT2D eigenvalue weighted by atomic mass is 79.9. The molecule has 0 bridgehead atoms. The van der Waals surface area contributed by atoms with E-state index in [2.05, 4.69) is 15.9 Å². The Labute approximate surface area is 123 Å². The largest absolute Gasteiger partial charge is 0.480 e. The van der Waals surface area contributed by atoms with E-state index in [0.29, 0.717) is 17.6 Å². The van der Waals surface area contributed by atoms with Gasteiger partial charge in [-0.05, 0) is 28.4 Å². The molecule has 1 aromatic heterocycles. The minimum Gasteiger partial charge on any atom is -0.480 e. The van der Waals surface area contributed by atoms with E-state index in [1.807, 2.05) is 12.2 Å². The van der Waals surface area contributed by atoms with Gasteiger partial charge in [0, 0.05) is 23.8 Å². The number of carbonyl (C=O) groups excluding carboxylic acids is 1. The summed E-state index contributed by atoms with van der Waals surface area (Å²) in [5, 5.41) is 8.78. The molecular formula is C13H13BrN2O4. The Morgan fingerprint density at radius 2 is 2.10 bits per heavy atom. The molecule has 0 fully saturated rings. The number of halogens is 1. The molecule has 0 unspecified atom stereocenters. The van der Waals surface area contributed by atoms with Crippen LogP contribution < -0.4 is 5.56 Å². The maximum absolute atomic E-state index is 12.3. The van der Waals surface area contributed by atoms with Crippen molar-refractivity contribution in [1.29, 1.82) is 0 Å². The van der Waals surface area contributed by atoms with Gasteiger partial charge in [0.1, 0.15) is 12.1 Å². The summed E-state index contributed by atoms with van der Waals surface area (Å²) in [7, 11) is 0. The van der Waals surface area contributed by atoms with Crippen LogP contribution in [0.1, 0.15) is 16.8 Å². The van der Waals surface area contributed by atoms with Crippen LogP contribution >= 0.6 is 15.9 Å². The summed E-state index contributed by atoms with van der Waals surface area (Å²) >= 11 is 3.19. The first-order chi connectivity index (χ1) is 9.49. The predicted octanol–water partition coefficient (Wildman–Crippen LogP) is 1.10. The third-order valence-electron chi connectivity index (χ3n) is 2.93. The second kappa shape index (κ2) is 6.04. The number of hydrogen-bond acceptors (Lipinski definition) is 3. The van der Waals surface area contributed by atoms with E-state index in [1.165, 1.54) is 12.3 Å². The van der Waals surface area contributed by atoms with Gasteiger partial charge in [0.05, 0.1) is 0 Å². The molecule has 2 rings (SSSR count). The SMILES string of the molecule is O=C(O)Cn1cc(Br)cc(C(=O)N2CC=CCC2)c1=O. The fraction of sp³-hybridized carbons (Fsp3) is 0.308. The summed E-state index contributed by atoms with van der Waals surface area (Å²) in [4.78, 5) is 36.8. The first kappa shape index (κ1) is 14.5. The number of carbonyl (C=O) groups is 2. The van der Waals surface area contributed by atoms with Crippen molar-refractivity contribution in [3.8, 4) is 0 Å². The first-order valence-electron chi connectivity index (χ1n) is 6.05. The summed E-state index contributed by atoms with van der Waals surface area (Å²) < 4.78 is 1.51. The zero-order valence-corrected chi connectivity index (χ0v) is 12.2. The lowest BCUT2D eigenvalue weighted by Gasteiger charge is -2.23. The third kappa shape index (κ3) is 3.16. The van der Waals surface area contributed by atoms with Gasteiger partial charge in [0.15, 0.2) is 0 Å². The van der Waals surface area contributed by atoms with Crippen molar-refractivity contribution in [2.75, 3.05) is 13.1 Å². The standard InChI is InChI=1S/C13H13BrN2O4/c14-9-6-10(12(19)15-4-2-1-3-5-15)13(20)16(7-9)8-11(17)18/h1-2,6-7H,3-5,8H2,(H,17,18). The fourth-order valence-electron chi connectivity index (χ4n) is 2.01. The minimum atomic E-state index is -1.13. The molecular weight excluding hydrogens is 328 g/mol. The van der Waals surface area contributed by atoms with Crippen molar-refractivity contribution >= 4 is 27.8 Å². The van der Waals surface area contributed by atoms with Crippen LogP contribution in [0.2, 0.25) is 0 Å². The van der Waals surface area contributed by atoms with Crippen LogP contribution in [0.4, 0.5) is 0 Å². The summed E-state index contributed by atoms with van der Waals surface area (Å²) in [6.45, 7) is 0.544. The van der Waals surface area contributed by atoms with Gasteiger partial charge in [-0.25, -0.2) is 0 Å². The van der Waals surface area contributed by atoms with Crippen molar-refractivity contribution in [2.45, 2.75) is 13.0 Å². The van der Waals surface area contributed by atoms with Gasteiger partial charge in [0.2, 0.25) is 0 Å². The van der Waals surface area contributed by atoms with E-state index >= 15 is 0 Å². The number of nitrogens with zero attached hydrogens (tertiary/aromatic N) is 2. The second-order valence-electron chi connectivity index (χ2n) is 4.41. The van der Waals surface area contributed by atoms with E-state index in [9.17, 15) is 14.4 Å². The molecule has 1 aliphatic rings. The van der Waals surface area contributed by atoms with Crippen LogP contribution in [0, 0.1) is 0 Å². The van der Waals surface area contributed by atoms with Crippen molar-refractivity contribution in [3.63, 3.8) is 0 Å². The zero-order chi connectivity index (χ0) is 14.7. The summed E-state index contributed by atoms with van der Waals surface area (Å²) in [6, 6.07) is 1.43. The number of carboxylic acids is 1. The normalized spacial score (nSPS) is 14.3. The van der Waals surface area contributed by atoms with Gasteiger partial charge in [-0.15, -0.1) is 0 Å². The highest BCUT2D eigenvalue weighted by Gasteiger charge is 2.21. The maximum atomic E-state index is 12.3. The highest BCUT2D eigenvalue weighted by molar-refractivity contribution is 9.10. The lowest BCUT2D eigenvalue weighted by molar-refractivity contribution is -0.137. The molecule has 20 heavy (non-hydrogen) atoms. The topological polar surface area (TPSA) is 79.6 Å².